The van der Waals surface area contributed by atoms with E-state index >= 15 is 0 Å². The minimum atomic E-state index is -0.340. The molecule has 0 radical (unpaired) electrons. The Morgan fingerprint density at radius 2 is 0.941 bits per heavy atom. The third-order valence-corrected chi connectivity index (χ3v) is 14.4. The highest BCUT2D eigenvalue weighted by molar-refractivity contribution is 6.10. The molecule has 1 unspecified atom stereocenters. The van der Waals surface area contributed by atoms with Crippen LogP contribution in [0.4, 0.5) is 17.1 Å². The van der Waals surface area contributed by atoms with Gasteiger partial charge in [0.05, 0.1) is 5.69 Å². The smallest absolute Gasteiger partial charge is 0.135 e. The van der Waals surface area contributed by atoms with E-state index in [2.05, 4.69) is 261 Å². The van der Waals surface area contributed by atoms with Gasteiger partial charge in [-0.15, -0.1) is 0 Å². The average Bonchev–Trinajstić information content (AvgIpc) is 3.68. The molecule has 1 aliphatic carbocycles. The summed E-state index contributed by atoms with van der Waals surface area (Å²) in [7, 11) is 0. The Bertz CT molecular complexity index is 3710. The molecule has 2 aliphatic rings. The maximum atomic E-state index is 6.53. The van der Waals surface area contributed by atoms with Crippen molar-refractivity contribution in [2.24, 2.45) is 0 Å². The Kier molecular flexibility index (Phi) is 9.33. The standard InChI is InChI=1S/C66H45NO/c1-66(49-23-9-4-10-24-49)59-30-13-11-27-57(59)65-60(66)31-17-32-61(65)67(50-37-34-44(35-38-50)47-36-39-52(45-18-5-2-6-19-45)58(43-47)46-20-7-3-8-21-46)51-25-15-22-48(42-51)53-40-41-63-64-55(53)28-16-29-56(64)54-26-12-14-33-62(54)68-63/h2-43H,1H3. The summed E-state index contributed by atoms with van der Waals surface area (Å²) >= 11 is 0. The fourth-order valence-corrected chi connectivity index (χ4v) is 11.1. The summed E-state index contributed by atoms with van der Waals surface area (Å²) in [6, 6.07) is 92.8. The number of fused-ring (bicyclic) bond motifs is 5. The summed E-state index contributed by atoms with van der Waals surface area (Å²) in [6.07, 6.45) is 0. The number of anilines is 3. The van der Waals surface area contributed by atoms with Crippen LogP contribution < -0.4 is 9.64 Å². The Morgan fingerprint density at radius 1 is 0.338 bits per heavy atom. The van der Waals surface area contributed by atoms with Crippen molar-refractivity contribution in [2.75, 3.05) is 4.90 Å². The van der Waals surface area contributed by atoms with Gasteiger partial charge in [0.1, 0.15) is 11.5 Å². The molecule has 0 spiro atoms. The quantitative estimate of drug-likeness (QED) is 0.151. The van der Waals surface area contributed by atoms with Crippen LogP contribution in [-0.2, 0) is 5.41 Å². The fraction of sp³-hybridized carbons (Fsp3) is 0.0303. The summed E-state index contributed by atoms with van der Waals surface area (Å²) < 4.78 is 6.53. The van der Waals surface area contributed by atoms with Crippen molar-refractivity contribution >= 4 is 27.8 Å². The van der Waals surface area contributed by atoms with Crippen molar-refractivity contribution in [3.05, 3.63) is 271 Å². The number of benzene rings is 11. The van der Waals surface area contributed by atoms with Crippen LogP contribution in [0, 0.1) is 0 Å². The highest BCUT2D eigenvalue weighted by atomic mass is 16.5. The first-order valence-corrected chi connectivity index (χ1v) is 23.5. The molecule has 1 atom stereocenters. The predicted molar refractivity (Wildman–Crippen MR) is 283 cm³/mol. The van der Waals surface area contributed by atoms with Crippen LogP contribution in [0.5, 0.6) is 11.5 Å². The van der Waals surface area contributed by atoms with Crippen molar-refractivity contribution < 1.29 is 4.74 Å². The van der Waals surface area contributed by atoms with Gasteiger partial charge >= 0.3 is 0 Å². The maximum Gasteiger partial charge on any atom is 0.135 e. The molecule has 2 nitrogen and oxygen atoms in total. The average molecular weight is 868 g/mol. The summed E-state index contributed by atoms with van der Waals surface area (Å²) in [5, 5.41) is 2.32. The van der Waals surface area contributed by atoms with Gasteiger partial charge in [-0.2, -0.15) is 0 Å². The number of hydrogen-bond acceptors (Lipinski definition) is 2. The zero-order valence-electron chi connectivity index (χ0n) is 37.6. The first-order valence-electron chi connectivity index (χ1n) is 23.5. The first-order chi connectivity index (χ1) is 33.6. The van der Waals surface area contributed by atoms with Crippen LogP contribution in [0.1, 0.15) is 23.6 Å². The van der Waals surface area contributed by atoms with Crippen LogP contribution in [0.2, 0.25) is 0 Å². The Labute approximate surface area is 397 Å². The van der Waals surface area contributed by atoms with E-state index in [0.717, 1.165) is 50.6 Å². The lowest BCUT2D eigenvalue weighted by atomic mass is 9.74. The number of nitrogens with zero attached hydrogens (tertiary/aromatic N) is 1. The summed E-state index contributed by atoms with van der Waals surface area (Å²) in [5.41, 5.74) is 21.2. The number of hydrogen-bond donors (Lipinski definition) is 0. The topological polar surface area (TPSA) is 12.5 Å². The first kappa shape index (κ1) is 39.6. The molecule has 2 heteroatoms. The molecular weight excluding hydrogens is 823 g/mol. The molecule has 0 amide bonds. The van der Waals surface area contributed by atoms with Crippen molar-refractivity contribution in [3.63, 3.8) is 0 Å². The van der Waals surface area contributed by atoms with Crippen molar-refractivity contribution in [2.45, 2.75) is 12.3 Å². The summed E-state index contributed by atoms with van der Waals surface area (Å²) in [4.78, 5) is 2.47. The molecule has 0 bridgehead atoms. The van der Waals surface area contributed by atoms with Crippen molar-refractivity contribution in [1.29, 1.82) is 0 Å². The highest BCUT2D eigenvalue weighted by Crippen LogP contribution is 2.57. The molecule has 68 heavy (non-hydrogen) atoms. The Morgan fingerprint density at radius 3 is 1.74 bits per heavy atom. The van der Waals surface area contributed by atoms with E-state index < -0.39 is 0 Å². The molecule has 0 saturated carbocycles. The maximum absolute atomic E-state index is 6.53. The van der Waals surface area contributed by atoms with Crippen LogP contribution in [-0.4, -0.2) is 0 Å². The van der Waals surface area contributed by atoms with Crippen LogP contribution in [0.15, 0.2) is 255 Å². The zero-order valence-corrected chi connectivity index (χ0v) is 37.6. The van der Waals surface area contributed by atoms with Crippen LogP contribution in [0.3, 0.4) is 0 Å². The van der Waals surface area contributed by atoms with Gasteiger partial charge in [-0.1, -0.05) is 206 Å². The fourth-order valence-electron chi connectivity index (χ4n) is 11.1. The lowest BCUT2D eigenvalue weighted by Crippen LogP contribution is -2.22. The van der Waals surface area contributed by atoms with E-state index in [1.807, 2.05) is 6.07 Å². The monoisotopic (exact) mass is 867 g/mol. The van der Waals surface area contributed by atoms with E-state index in [9.17, 15) is 0 Å². The minimum Gasteiger partial charge on any atom is -0.456 e. The molecule has 320 valence electrons. The molecule has 0 saturated heterocycles. The van der Waals surface area contributed by atoms with Crippen LogP contribution in [0.25, 0.3) is 77.5 Å². The summed E-state index contributed by atoms with van der Waals surface area (Å²) in [5.74, 6) is 1.78. The van der Waals surface area contributed by atoms with Gasteiger partial charge in [-0.3, -0.25) is 0 Å². The minimum absolute atomic E-state index is 0.340. The van der Waals surface area contributed by atoms with Gasteiger partial charge in [0, 0.05) is 33.3 Å². The third kappa shape index (κ3) is 6.33. The molecule has 1 aliphatic heterocycles. The van der Waals surface area contributed by atoms with Gasteiger partial charge in [0.15, 0.2) is 0 Å². The van der Waals surface area contributed by atoms with E-state index in [1.54, 1.807) is 0 Å². The number of ether oxygens (including phenoxy) is 1. The second-order valence-corrected chi connectivity index (χ2v) is 18.1. The molecular formula is C66H45NO. The van der Waals surface area contributed by atoms with Gasteiger partial charge in [-0.25, -0.2) is 0 Å². The number of para-hydroxylation sites is 1. The lowest BCUT2D eigenvalue weighted by Gasteiger charge is -2.31. The molecule has 0 N–H and O–H groups in total. The van der Waals surface area contributed by atoms with Gasteiger partial charge in [0.2, 0.25) is 0 Å². The molecule has 0 fully saturated rings. The third-order valence-electron chi connectivity index (χ3n) is 14.4. The lowest BCUT2D eigenvalue weighted by molar-refractivity contribution is 0.487. The summed E-state index contributed by atoms with van der Waals surface area (Å²) in [6.45, 7) is 2.39. The molecule has 13 rings (SSSR count). The van der Waals surface area contributed by atoms with Crippen molar-refractivity contribution in [3.8, 4) is 78.3 Å². The highest BCUT2D eigenvalue weighted by Gasteiger charge is 2.42. The van der Waals surface area contributed by atoms with Gasteiger partial charge in [0.25, 0.3) is 0 Å². The molecule has 1 heterocycles. The second-order valence-electron chi connectivity index (χ2n) is 18.1. The van der Waals surface area contributed by atoms with Crippen LogP contribution >= 0.6 is 0 Å². The molecule has 0 aromatic heterocycles. The van der Waals surface area contributed by atoms with Gasteiger partial charge < -0.3 is 9.64 Å². The Hall–Kier alpha value is -8.72. The second kappa shape index (κ2) is 16.0. The number of rotatable bonds is 8. The van der Waals surface area contributed by atoms with E-state index in [1.165, 1.54) is 72.1 Å². The van der Waals surface area contributed by atoms with E-state index in [0.29, 0.717) is 0 Å². The van der Waals surface area contributed by atoms with E-state index in [4.69, 9.17) is 4.74 Å². The molecule has 11 aromatic rings. The van der Waals surface area contributed by atoms with Crippen molar-refractivity contribution in [1.82, 2.24) is 0 Å². The SMILES string of the molecule is CC1(c2ccccc2)c2ccccc2-c2c(N(c3ccc(-c4ccc(-c5ccccc5)c(-c5ccccc5)c4)cc3)c3cccc(-c4ccc5c6c(cccc46)-c4ccccc4O5)c3)cccc21. The zero-order chi connectivity index (χ0) is 45.2. The van der Waals surface area contributed by atoms with E-state index in [-0.39, 0.29) is 5.41 Å². The molecule has 11 aromatic carbocycles. The Balaban J connectivity index is 0.985. The largest absolute Gasteiger partial charge is 0.456 e. The normalized spacial score (nSPS) is 14.1. The van der Waals surface area contributed by atoms with Gasteiger partial charge in [-0.05, 0) is 133 Å². The predicted octanol–water partition coefficient (Wildman–Crippen LogP) is 18.1.